The lowest BCUT2D eigenvalue weighted by Gasteiger charge is -2.16. The van der Waals surface area contributed by atoms with Gasteiger partial charge in [-0.15, -0.1) is 0 Å². The molecular formula is C25H27N3O4. The van der Waals surface area contributed by atoms with Gasteiger partial charge in [-0.3, -0.25) is 4.79 Å². The molecule has 1 unspecified atom stereocenters. The molecule has 0 saturated carbocycles. The van der Waals surface area contributed by atoms with Crippen molar-refractivity contribution in [3.05, 3.63) is 78.5 Å². The summed E-state index contributed by atoms with van der Waals surface area (Å²) in [5.41, 5.74) is 1.96. The van der Waals surface area contributed by atoms with Crippen LogP contribution in [0.2, 0.25) is 0 Å². The SMILES string of the molecule is COc1ccccc1OCCCCn1c(C(C)NC(=O)c2ccco2)nc2ccccc21. The van der Waals surface area contributed by atoms with Crippen molar-refractivity contribution in [1.82, 2.24) is 14.9 Å². The summed E-state index contributed by atoms with van der Waals surface area (Å²) in [6.45, 7) is 3.29. The lowest BCUT2D eigenvalue weighted by Crippen LogP contribution is -2.28. The summed E-state index contributed by atoms with van der Waals surface area (Å²) in [5, 5.41) is 2.98. The number of imidazole rings is 1. The first-order chi connectivity index (χ1) is 15.7. The van der Waals surface area contributed by atoms with Crippen molar-refractivity contribution in [3.8, 4) is 11.5 Å². The van der Waals surface area contributed by atoms with Gasteiger partial charge < -0.3 is 23.8 Å². The monoisotopic (exact) mass is 433 g/mol. The Morgan fingerprint density at radius 1 is 1.06 bits per heavy atom. The number of fused-ring (bicyclic) bond motifs is 1. The molecule has 2 aromatic carbocycles. The average Bonchev–Trinajstić information content (AvgIpc) is 3.48. The summed E-state index contributed by atoms with van der Waals surface area (Å²) in [6, 6.07) is 18.7. The number of hydrogen-bond donors (Lipinski definition) is 1. The van der Waals surface area contributed by atoms with Crippen molar-refractivity contribution in [2.75, 3.05) is 13.7 Å². The van der Waals surface area contributed by atoms with E-state index in [1.807, 2.05) is 49.4 Å². The minimum absolute atomic E-state index is 0.258. The smallest absolute Gasteiger partial charge is 0.287 e. The molecule has 32 heavy (non-hydrogen) atoms. The molecule has 0 spiro atoms. The molecule has 0 bridgehead atoms. The number of carbonyl (C=O) groups excluding carboxylic acids is 1. The molecule has 4 rings (SSSR count). The molecule has 2 heterocycles. The zero-order valence-electron chi connectivity index (χ0n) is 18.3. The van der Waals surface area contributed by atoms with E-state index in [1.54, 1.807) is 19.2 Å². The molecular weight excluding hydrogens is 406 g/mol. The highest BCUT2D eigenvalue weighted by atomic mass is 16.5. The Balaban J connectivity index is 1.41. The molecule has 4 aromatic rings. The summed E-state index contributed by atoms with van der Waals surface area (Å²) in [6.07, 6.45) is 3.26. The van der Waals surface area contributed by atoms with Crippen molar-refractivity contribution in [2.24, 2.45) is 0 Å². The molecule has 1 amide bonds. The van der Waals surface area contributed by atoms with Crippen LogP contribution in [0.5, 0.6) is 11.5 Å². The largest absolute Gasteiger partial charge is 0.493 e. The highest BCUT2D eigenvalue weighted by Gasteiger charge is 2.20. The lowest BCUT2D eigenvalue weighted by atomic mass is 10.2. The first-order valence-electron chi connectivity index (χ1n) is 10.7. The lowest BCUT2D eigenvalue weighted by molar-refractivity contribution is 0.0909. The van der Waals surface area contributed by atoms with Gasteiger partial charge >= 0.3 is 0 Å². The van der Waals surface area contributed by atoms with Gasteiger partial charge in [0.15, 0.2) is 17.3 Å². The molecule has 2 aromatic heterocycles. The van der Waals surface area contributed by atoms with Crippen molar-refractivity contribution >= 4 is 16.9 Å². The second-order valence-electron chi connectivity index (χ2n) is 7.49. The van der Waals surface area contributed by atoms with Crippen LogP contribution in [0.4, 0.5) is 0 Å². The zero-order chi connectivity index (χ0) is 22.3. The number of para-hydroxylation sites is 4. The van der Waals surface area contributed by atoms with Gasteiger partial charge in [0.25, 0.3) is 5.91 Å². The van der Waals surface area contributed by atoms with Gasteiger partial charge in [-0.2, -0.15) is 0 Å². The Bertz CT molecular complexity index is 1170. The Morgan fingerprint density at radius 3 is 2.62 bits per heavy atom. The molecule has 0 aliphatic heterocycles. The minimum Gasteiger partial charge on any atom is -0.493 e. The molecule has 166 valence electrons. The van der Waals surface area contributed by atoms with Crippen LogP contribution in [0.3, 0.4) is 0 Å². The zero-order valence-corrected chi connectivity index (χ0v) is 18.3. The first-order valence-corrected chi connectivity index (χ1v) is 10.7. The number of carbonyl (C=O) groups is 1. The summed E-state index contributed by atoms with van der Waals surface area (Å²) in [7, 11) is 1.64. The fourth-order valence-corrected chi connectivity index (χ4v) is 3.69. The number of ether oxygens (including phenoxy) is 2. The van der Waals surface area contributed by atoms with E-state index in [9.17, 15) is 4.79 Å². The second kappa shape index (κ2) is 10.0. The van der Waals surface area contributed by atoms with Gasteiger partial charge in [-0.1, -0.05) is 24.3 Å². The highest BCUT2D eigenvalue weighted by Crippen LogP contribution is 2.26. The number of amides is 1. The van der Waals surface area contributed by atoms with Crippen LogP contribution in [0.1, 0.15) is 42.2 Å². The Kier molecular flexibility index (Phi) is 6.75. The standard InChI is InChI=1S/C25H27N3O4/c1-18(26-25(29)23-14-9-17-32-23)24-27-19-10-3-4-11-20(19)28(24)15-7-8-16-31-22-13-6-5-12-21(22)30-2/h3-6,9-14,17-18H,7-8,15-16H2,1-2H3,(H,26,29). The van der Waals surface area contributed by atoms with Gasteiger partial charge in [0.05, 0.1) is 37.1 Å². The molecule has 0 radical (unpaired) electrons. The minimum atomic E-state index is -0.273. The number of benzene rings is 2. The first kappa shape index (κ1) is 21.5. The topological polar surface area (TPSA) is 78.5 Å². The summed E-state index contributed by atoms with van der Waals surface area (Å²) < 4.78 is 18.6. The van der Waals surface area contributed by atoms with Gasteiger partial charge in [-0.05, 0) is 56.2 Å². The van der Waals surface area contributed by atoms with Crippen LogP contribution in [-0.2, 0) is 6.54 Å². The maximum absolute atomic E-state index is 12.4. The number of methoxy groups -OCH3 is 1. The maximum Gasteiger partial charge on any atom is 0.287 e. The van der Waals surface area contributed by atoms with Crippen LogP contribution in [0.15, 0.2) is 71.3 Å². The molecule has 1 N–H and O–H groups in total. The number of aromatic nitrogens is 2. The fraction of sp³-hybridized carbons (Fsp3) is 0.280. The molecule has 7 nitrogen and oxygen atoms in total. The van der Waals surface area contributed by atoms with E-state index in [0.29, 0.717) is 6.61 Å². The predicted octanol–water partition coefficient (Wildman–Crippen LogP) is 4.99. The van der Waals surface area contributed by atoms with E-state index in [4.69, 9.17) is 18.9 Å². The highest BCUT2D eigenvalue weighted by molar-refractivity contribution is 5.91. The van der Waals surface area contributed by atoms with Gasteiger partial charge in [0, 0.05) is 6.54 Å². The van der Waals surface area contributed by atoms with Gasteiger partial charge in [0.1, 0.15) is 5.82 Å². The number of nitrogens with one attached hydrogen (secondary N) is 1. The summed E-state index contributed by atoms with van der Waals surface area (Å²) in [5.74, 6) is 2.32. The summed E-state index contributed by atoms with van der Waals surface area (Å²) in [4.78, 5) is 17.2. The average molecular weight is 434 g/mol. The van der Waals surface area contributed by atoms with Crippen LogP contribution in [0.25, 0.3) is 11.0 Å². The molecule has 1 atom stereocenters. The van der Waals surface area contributed by atoms with E-state index < -0.39 is 0 Å². The third kappa shape index (κ3) is 4.77. The number of unbranched alkanes of at least 4 members (excludes halogenated alkanes) is 1. The second-order valence-corrected chi connectivity index (χ2v) is 7.49. The molecule has 0 saturated heterocycles. The van der Waals surface area contributed by atoms with E-state index in [2.05, 4.69) is 16.0 Å². The van der Waals surface area contributed by atoms with Gasteiger partial charge in [-0.25, -0.2) is 4.98 Å². The number of aryl methyl sites for hydroxylation is 1. The Morgan fingerprint density at radius 2 is 1.84 bits per heavy atom. The van der Waals surface area contributed by atoms with Crippen molar-refractivity contribution in [1.29, 1.82) is 0 Å². The van der Waals surface area contributed by atoms with E-state index >= 15 is 0 Å². The molecule has 7 heteroatoms. The van der Waals surface area contributed by atoms with Crippen LogP contribution in [0, 0.1) is 0 Å². The van der Waals surface area contributed by atoms with E-state index in [-0.39, 0.29) is 17.7 Å². The Hall–Kier alpha value is -3.74. The molecule has 0 aliphatic rings. The van der Waals surface area contributed by atoms with Crippen LogP contribution in [-0.4, -0.2) is 29.2 Å². The quantitative estimate of drug-likeness (QED) is 0.357. The number of rotatable bonds is 10. The molecule has 0 fully saturated rings. The molecule has 0 aliphatic carbocycles. The van der Waals surface area contributed by atoms with Crippen molar-refractivity contribution < 1.29 is 18.7 Å². The maximum atomic E-state index is 12.4. The van der Waals surface area contributed by atoms with Crippen molar-refractivity contribution in [2.45, 2.75) is 32.4 Å². The van der Waals surface area contributed by atoms with Gasteiger partial charge in [0.2, 0.25) is 0 Å². The number of nitrogens with zero attached hydrogens (tertiary/aromatic N) is 2. The Labute approximate surface area is 187 Å². The van der Waals surface area contributed by atoms with Crippen LogP contribution >= 0.6 is 0 Å². The van der Waals surface area contributed by atoms with Crippen molar-refractivity contribution in [3.63, 3.8) is 0 Å². The third-order valence-electron chi connectivity index (χ3n) is 5.27. The third-order valence-corrected chi connectivity index (χ3v) is 5.27. The number of furan rings is 1. The normalized spacial score (nSPS) is 11.9. The van der Waals surface area contributed by atoms with E-state index in [0.717, 1.165) is 47.7 Å². The predicted molar refractivity (Wildman–Crippen MR) is 122 cm³/mol. The van der Waals surface area contributed by atoms with E-state index in [1.165, 1.54) is 6.26 Å². The summed E-state index contributed by atoms with van der Waals surface area (Å²) >= 11 is 0. The van der Waals surface area contributed by atoms with Crippen LogP contribution < -0.4 is 14.8 Å². The fourth-order valence-electron chi connectivity index (χ4n) is 3.69. The number of hydrogen-bond acceptors (Lipinski definition) is 5.